The van der Waals surface area contributed by atoms with Crippen LogP contribution in [-0.2, 0) is 61.9 Å². The zero-order chi connectivity index (χ0) is 60.4. The second-order valence-electron chi connectivity index (χ2n) is 22.7. The van der Waals surface area contributed by atoms with Gasteiger partial charge in [-0.05, 0) is 77.0 Å². The first kappa shape index (κ1) is 75.9. The van der Waals surface area contributed by atoms with E-state index >= 15 is 0 Å². The lowest BCUT2D eigenvalue weighted by atomic mass is 9.99. The van der Waals surface area contributed by atoms with Gasteiger partial charge in [-0.1, -0.05) is 195 Å². The van der Waals surface area contributed by atoms with Crippen LogP contribution in [0, 0.1) is 0 Å². The number of aliphatic hydroxyl groups is 3. The maximum atomic E-state index is 13.1. The van der Waals surface area contributed by atoms with Crippen LogP contribution in [0.3, 0.4) is 0 Å². The van der Waals surface area contributed by atoms with Crippen LogP contribution < -0.4 is 0 Å². The fraction of sp³-hybridized carbons (Fsp3) is 0.818. The highest BCUT2D eigenvalue weighted by atomic mass is 16.6. The van der Waals surface area contributed by atoms with Gasteiger partial charge in [0.25, 0.3) is 0 Å². The quantitative estimate of drug-likeness (QED) is 0.0169. The molecule has 82 heavy (non-hydrogen) atoms. The molecule has 3 N–H and O–H groups in total. The summed E-state index contributed by atoms with van der Waals surface area (Å²) in [5, 5.41) is 32.5. The van der Waals surface area contributed by atoms with Gasteiger partial charge in [-0.2, -0.15) is 0 Å². The van der Waals surface area contributed by atoms with Crippen molar-refractivity contribution in [1.29, 1.82) is 0 Å². The number of hydrogen-bond acceptors (Lipinski definition) is 16. The number of esters is 6. The molecule has 0 saturated carbocycles. The Morgan fingerprint density at radius 1 is 0.390 bits per heavy atom. The highest BCUT2D eigenvalue weighted by Gasteiger charge is 2.41. The normalized spacial score (nSPS) is 16.3. The minimum absolute atomic E-state index is 0.0629. The molecular formula is C66H114O16. The maximum absolute atomic E-state index is 13.1. The molecule has 1 heterocycles. The Bertz CT molecular complexity index is 1620. The predicted octanol–water partition coefficient (Wildman–Crippen LogP) is 13.8. The standard InChI is InChI=1S/C66H114O16/c1-7-13-16-18-25-34-43-56(80-61(70)10-4)53(67)40-32-23-20-28-37-46-64(73)76-50-52(51-77-65(74)47-38-29-21-24-33-41-54(68)57(81-62(71)11-5)44-35-26-19-17-14-8-2)78-66(75)48-39-30-22-27-36-45-59-60(79-59)49-55(69)58(42-31-15-9-3)82-63(72)12-6/h10-12,52-60,67-69H,4-9,13-51H2,1-3H3. The van der Waals surface area contributed by atoms with Crippen molar-refractivity contribution < 1.29 is 77.2 Å². The van der Waals surface area contributed by atoms with E-state index in [0.717, 1.165) is 159 Å². The van der Waals surface area contributed by atoms with Gasteiger partial charge in [0.05, 0.1) is 30.5 Å². The summed E-state index contributed by atoms with van der Waals surface area (Å²) >= 11 is 0. The molecule has 1 aliphatic heterocycles. The number of unbranched alkanes of at least 4 members (excludes halogenated alkanes) is 24. The number of carbonyl (C=O) groups is 6. The van der Waals surface area contributed by atoms with Gasteiger partial charge in [0, 0.05) is 43.9 Å². The van der Waals surface area contributed by atoms with Gasteiger partial charge >= 0.3 is 35.8 Å². The van der Waals surface area contributed by atoms with E-state index in [-0.39, 0.29) is 44.7 Å². The summed E-state index contributed by atoms with van der Waals surface area (Å²) < 4.78 is 39.1. The van der Waals surface area contributed by atoms with Crippen LogP contribution >= 0.6 is 0 Å². The van der Waals surface area contributed by atoms with Crippen molar-refractivity contribution in [1.82, 2.24) is 0 Å². The van der Waals surface area contributed by atoms with Gasteiger partial charge < -0.3 is 48.5 Å². The molecule has 8 atom stereocenters. The average Bonchev–Trinajstić information content (AvgIpc) is 4.23. The largest absolute Gasteiger partial charge is 0.462 e. The lowest BCUT2D eigenvalue weighted by molar-refractivity contribution is -0.167. The summed E-state index contributed by atoms with van der Waals surface area (Å²) in [5.41, 5.74) is 0. The number of carbonyl (C=O) groups excluding carboxylic acids is 6. The summed E-state index contributed by atoms with van der Waals surface area (Å²) in [6, 6.07) is 0. The maximum Gasteiger partial charge on any atom is 0.330 e. The van der Waals surface area contributed by atoms with Crippen LogP contribution in [0.25, 0.3) is 0 Å². The van der Waals surface area contributed by atoms with Crippen molar-refractivity contribution in [3.63, 3.8) is 0 Å². The SMILES string of the molecule is C=CC(=O)OC(CCCCCCCC)C(O)CCCCCCCC(=O)OCC(COC(=O)CCCCCCCC(O)C(CCCCCCCC)OC(=O)C=C)OC(=O)CCCCCCCC1OC1CC(O)C(CCCCC)OC(=O)C=C. The van der Waals surface area contributed by atoms with Crippen LogP contribution in [-0.4, -0.2) is 119 Å². The van der Waals surface area contributed by atoms with E-state index in [4.69, 9.17) is 33.2 Å². The lowest BCUT2D eigenvalue weighted by Crippen LogP contribution is -2.32. The molecule has 0 spiro atoms. The average molecular weight is 1160 g/mol. The van der Waals surface area contributed by atoms with Gasteiger partial charge in [-0.3, -0.25) is 14.4 Å². The summed E-state index contributed by atoms with van der Waals surface area (Å²) in [6.45, 7) is 16.4. The fourth-order valence-corrected chi connectivity index (χ4v) is 10.2. The van der Waals surface area contributed by atoms with Crippen molar-refractivity contribution >= 4 is 35.8 Å². The Labute approximate surface area is 495 Å². The molecule has 1 aliphatic rings. The molecule has 0 aromatic heterocycles. The topological polar surface area (TPSA) is 231 Å². The molecule has 0 bridgehead atoms. The molecule has 1 saturated heterocycles. The number of epoxide rings is 1. The van der Waals surface area contributed by atoms with Crippen LogP contribution in [0.5, 0.6) is 0 Å². The molecule has 1 rings (SSSR count). The summed E-state index contributed by atoms with van der Waals surface area (Å²) in [5.74, 6) is -2.94. The molecule has 8 unspecified atom stereocenters. The van der Waals surface area contributed by atoms with Gasteiger partial charge in [-0.15, -0.1) is 0 Å². The van der Waals surface area contributed by atoms with E-state index in [1.165, 1.54) is 38.5 Å². The Kier molecular flexibility index (Phi) is 47.5. The minimum Gasteiger partial charge on any atom is -0.462 e. The van der Waals surface area contributed by atoms with Crippen molar-refractivity contribution in [3.8, 4) is 0 Å². The fourth-order valence-electron chi connectivity index (χ4n) is 10.2. The molecule has 474 valence electrons. The van der Waals surface area contributed by atoms with Crippen LogP contribution in [0.15, 0.2) is 38.0 Å². The first-order valence-electron chi connectivity index (χ1n) is 32.4. The Morgan fingerprint density at radius 2 is 0.707 bits per heavy atom. The zero-order valence-corrected chi connectivity index (χ0v) is 51.4. The lowest BCUT2D eigenvalue weighted by Gasteiger charge is -2.23. The monoisotopic (exact) mass is 1160 g/mol. The van der Waals surface area contributed by atoms with E-state index in [2.05, 4.69) is 40.5 Å². The summed E-state index contributed by atoms with van der Waals surface area (Å²) in [6.07, 6.45) is 30.9. The van der Waals surface area contributed by atoms with Crippen LogP contribution in [0.4, 0.5) is 0 Å². The Hall–Kier alpha value is -4.12. The number of aliphatic hydroxyl groups excluding tert-OH is 3. The number of ether oxygens (including phenoxy) is 7. The highest BCUT2D eigenvalue weighted by Crippen LogP contribution is 2.33. The van der Waals surface area contributed by atoms with Crippen molar-refractivity contribution in [2.24, 2.45) is 0 Å². The molecule has 16 heteroatoms. The zero-order valence-electron chi connectivity index (χ0n) is 51.4. The minimum atomic E-state index is -0.963. The van der Waals surface area contributed by atoms with E-state index in [1.54, 1.807) is 0 Å². The van der Waals surface area contributed by atoms with Crippen molar-refractivity contribution in [2.75, 3.05) is 13.2 Å². The molecule has 1 fully saturated rings. The summed E-state index contributed by atoms with van der Waals surface area (Å²) in [4.78, 5) is 74.5. The molecule has 0 radical (unpaired) electrons. The number of rotatable bonds is 58. The Morgan fingerprint density at radius 3 is 1.11 bits per heavy atom. The molecule has 0 aliphatic carbocycles. The third-order valence-corrected chi connectivity index (χ3v) is 15.3. The second-order valence-corrected chi connectivity index (χ2v) is 22.7. The van der Waals surface area contributed by atoms with E-state index in [1.807, 2.05) is 0 Å². The van der Waals surface area contributed by atoms with Gasteiger partial charge in [0.2, 0.25) is 0 Å². The molecule has 0 aromatic carbocycles. The highest BCUT2D eigenvalue weighted by molar-refractivity contribution is 5.82. The Balaban J connectivity index is 2.59. The smallest absolute Gasteiger partial charge is 0.330 e. The first-order chi connectivity index (χ1) is 39.7. The molecule has 16 nitrogen and oxygen atoms in total. The number of hydrogen-bond donors (Lipinski definition) is 3. The van der Waals surface area contributed by atoms with E-state index in [0.29, 0.717) is 57.8 Å². The van der Waals surface area contributed by atoms with Crippen molar-refractivity contribution in [2.45, 2.75) is 333 Å². The van der Waals surface area contributed by atoms with E-state index < -0.39 is 78.5 Å². The van der Waals surface area contributed by atoms with Crippen LogP contribution in [0.2, 0.25) is 0 Å². The van der Waals surface area contributed by atoms with Gasteiger partial charge in [0.1, 0.15) is 31.5 Å². The predicted molar refractivity (Wildman–Crippen MR) is 320 cm³/mol. The molecule has 0 amide bonds. The summed E-state index contributed by atoms with van der Waals surface area (Å²) in [7, 11) is 0. The van der Waals surface area contributed by atoms with Gasteiger partial charge in [0.15, 0.2) is 6.10 Å². The molecule has 0 aromatic rings. The van der Waals surface area contributed by atoms with Crippen LogP contribution in [0.1, 0.15) is 278 Å². The molecular weight excluding hydrogens is 1050 g/mol. The third kappa shape index (κ3) is 41.8. The third-order valence-electron chi connectivity index (χ3n) is 15.3. The first-order valence-corrected chi connectivity index (χ1v) is 32.4. The van der Waals surface area contributed by atoms with E-state index in [9.17, 15) is 44.1 Å². The van der Waals surface area contributed by atoms with Crippen molar-refractivity contribution in [3.05, 3.63) is 38.0 Å². The second kappa shape index (κ2) is 51.3. The van der Waals surface area contributed by atoms with Gasteiger partial charge in [-0.25, -0.2) is 14.4 Å².